The second-order valence-electron chi connectivity index (χ2n) is 8.28. The van der Waals surface area contributed by atoms with Crippen LogP contribution in [-0.2, 0) is 0 Å². The van der Waals surface area contributed by atoms with E-state index in [9.17, 15) is 9.59 Å². The van der Waals surface area contributed by atoms with Crippen molar-refractivity contribution in [2.75, 3.05) is 65.0 Å². The van der Waals surface area contributed by atoms with Crippen molar-refractivity contribution in [3.05, 3.63) is 58.7 Å². The number of halogens is 1. The maximum Gasteiger partial charge on any atom is 0.196 e. The van der Waals surface area contributed by atoms with Crippen LogP contribution < -0.4 is 10.6 Å². The van der Waals surface area contributed by atoms with Gasteiger partial charge in [-0.2, -0.15) is 0 Å². The van der Waals surface area contributed by atoms with Crippen LogP contribution in [0.25, 0.3) is 0 Å². The van der Waals surface area contributed by atoms with E-state index in [-0.39, 0.29) is 24.0 Å². The number of fused-ring (bicyclic) bond motifs is 2. The quantitative estimate of drug-likeness (QED) is 0.466. The lowest BCUT2D eigenvalue weighted by atomic mass is 9.82. The molecule has 168 valence electrons. The highest BCUT2D eigenvalue weighted by Gasteiger charge is 2.33. The van der Waals surface area contributed by atoms with Crippen molar-refractivity contribution in [2.24, 2.45) is 0 Å². The molecule has 0 heterocycles. The van der Waals surface area contributed by atoms with E-state index in [1.54, 1.807) is 12.1 Å². The van der Waals surface area contributed by atoms with Gasteiger partial charge in [-0.05, 0) is 66.3 Å². The van der Waals surface area contributed by atoms with E-state index in [2.05, 4.69) is 20.4 Å². The van der Waals surface area contributed by atoms with E-state index in [1.165, 1.54) is 0 Å². The van der Waals surface area contributed by atoms with Crippen LogP contribution in [0.2, 0.25) is 0 Å². The molecule has 3 rings (SSSR count). The molecule has 0 atom stereocenters. The van der Waals surface area contributed by atoms with Crippen molar-refractivity contribution in [1.29, 1.82) is 0 Å². The molecule has 0 aliphatic heterocycles. The molecule has 0 amide bonds. The van der Waals surface area contributed by atoms with Gasteiger partial charge in [0.1, 0.15) is 0 Å². The SMILES string of the molecule is CN(C)CCCNc1ccc(NCCCN(C)C)c2c1C(=O)c1ccccc1C2=O.Cl. The second-order valence-corrected chi connectivity index (χ2v) is 8.28. The summed E-state index contributed by atoms with van der Waals surface area (Å²) in [4.78, 5) is 31.0. The molecular weight excluding hydrogens is 412 g/mol. The molecule has 1 aliphatic carbocycles. The molecule has 0 saturated heterocycles. The van der Waals surface area contributed by atoms with Crippen molar-refractivity contribution >= 4 is 35.3 Å². The molecule has 2 aromatic carbocycles. The average Bonchev–Trinajstić information content (AvgIpc) is 2.72. The molecule has 0 spiro atoms. The smallest absolute Gasteiger partial charge is 0.196 e. The Labute approximate surface area is 191 Å². The fourth-order valence-electron chi connectivity index (χ4n) is 3.75. The molecule has 0 saturated carbocycles. The summed E-state index contributed by atoms with van der Waals surface area (Å²) in [5, 5.41) is 6.77. The molecule has 6 nitrogen and oxygen atoms in total. The Kier molecular flexibility index (Phi) is 9.04. The zero-order valence-corrected chi connectivity index (χ0v) is 19.6. The molecule has 0 radical (unpaired) electrons. The predicted molar refractivity (Wildman–Crippen MR) is 130 cm³/mol. The van der Waals surface area contributed by atoms with Gasteiger partial charge in [0.15, 0.2) is 11.6 Å². The van der Waals surface area contributed by atoms with Gasteiger partial charge < -0.3 is 20.4 Å². The minimum Gasteiger partial charge on any atom is -0.384 e. The lowest BCUT2D eigenvalue weighted by Gasteiger charge is -2.24. The summed E-state index contributed by atoms with van der Waals surface area (Å²) in [6, 6.07) is 10.9. The number of hydrogen-bond donors (Lipinski definition) is 2. The average molecular weight is 445 g/mol. The lowest BCUT2D eigenvalue weighted by molar-refractivity contribution is 0.0980. The number of hydrogen-bond acceptors (Lipinski definition) is 6. The Balaban J connectivity index is 0.00000341. The first-order valence-electron chi connectivity index (χ1n) is 10.5. The molecule has 31 heavy (non-hydrogen) atoms. The van der Waals surface area contributed by atoms with Crippen molar-refractivity contribution in [1.82, 2.24) is 9.80 Å². The minimum absolute atomic E-state index is 0. The Bertz CT molecular complexity index is 854. The summed E-state index contributed by atoms with van der Waals surface area (Å²) >= 11 is 0. The Hall–Kier alpha value is -2.41. The fraction of sp³-hybridized carbons (Fsp3) is 0.417. The van der Waals surface area contributed by atoms with Crippen LogP contribution in [0.5, 0.6) is 0 Å². The second kappa shape index (κ2) is 11.3. The van der Waals surface area contributed by atoms with Crippen molar-refractivity contribution in [2.45, 2.75) is 12.8 Å². The number of benzene rings is 2. The first-order valence-corrected chi connectivity index (χ1v) is 10.5. The third-order valence-electron chi connectivity index (χ3n) is 5.27. The van der Waals surface area contributed by atoms with Crippen LogP contribution in [0.1, 0.15) is 44.7 Å². The van der Waals surface area contributed by atoms with Crippen LogP contribution in [0.15, 0.2) is 36.4 Å². The number of anilines is 2. The van der Waals surface area contributed by atoms with Crippen molar-refractivity contribution in [3.8, 4) is 0 Å². The highest BCUT2D eigenvalue weighted by molar-refractivity contribution is 6.31. The molecule has 2 aromatic rings. The lowest BCUT2D eigenvalue weighted by Crippen LogP contribution is -2.25. The van der Waals surface area contributed by atoms with E-state index in [0.29, 0.717) is 22.3 Å². The van der Waals surface area contributed by atoms with Crippen LogP contribution >= 0.6 is 12.4 Å². The maximum absolute atomic E-state index is 13.4. The molecule has 1 aliphatic rings. The first kappa shape index (κ1) is 24.9. The summed E-state index contributed by atoms with van der Waals surface area (Å²) in [6.07, 6.45) is 1.90. The van der Waals surface area contributed by atoms with Crippen LogP contribution in [-0.4, -0.2) is 75.7 Å². The zero-order valence-electron chi connectivity index (χ0n) is 18.8. The van der Waals surface area contributed by atoms with E-state index < -0.39 is 0 Å². The summed E-state index contributed by atoms with van der Waals surface area (Å²) < 4.78 is 0. The topological polar surface area (TPSA) is 64.7 Å². The number of nitrogens with zero attached hydrogens (tertiary/aromatic N) is 2. The Morgan fingerprint density at radius 2 is 1.06 bits per heavy atom. The highest BCUT2D eigenvalue weighted by Crippen LogP contribution is 2.36. The number of carbonyl (C=O) groups is 2. The zero-order chi connectivity index (χ0) is 21.7. The van der Waals surface area contributed by atoms with Gasteiger partial charge in [0.25, 0.3) is 0 Å². The standard InChI is InChI=1S/C24H32N4O2.ClH/c1-27(2)15-7-13-25-19-11-12-20(26-14-8-16-28(3)4)22-21(19)23(29)17-9-5-6-10-18(17)24(22)30;/h5-6,9-12,25-26H,7-8,13-16H2,1-4H3;1H. The van der Waals surface area contributed by atoms with Crippen molar-refractivity contribution < 1.29 is 9.59 Å². The van der Waals surface area contributed by atoms with Gasteiger partial charge in [-0.3, -0.25) is 9.59 Å². The van der Waals surface area contributed by atoms with Crippen molar-refractivity contribution in [3.63, 3.8) is 0 Å². The molecule has 0 aromatic heterocycles. The Morgan fingerprint density at radius 3 is 1.42 bits per heavy atom. The largest absolute Gasteiger partial charge is 0.384 e. The van der Waals surface area contributed by atoms with Gasteiger partial charge in [0.2, 0.25) is 0 Å². The van der Waals surface area contributed by atoms with E-state index in [4.69, 9.17) is 0 Å². The van der Waals surface area contributed by atoms with Crippen LogP contribution in [0.4, 0.5) is 11.4 Å². The van der Waals surface area contributed by atoms with Gasteiger partial charge >= 0.3 is 0 Å². The number of rotatable bonds is 10. The molecule has 2 N–H and O–H groups in total. The molecule has 0 fully saturated rings. The third-order valence-corrected chi connectivity index (χ3v) is 5.27. The summed E-state index contributed by atoms with van der Waals surface area (Å²) in [5.74, 6) is -0.181. The highest BCUT2D eigenvalue weighted by atomic mass is 35.5. The number of ketones is 2. The van der Waals surface area contributed by atoms with Gasteiger partial charge in [0, 0.05) is 35.6 Å². The fourth-order valence-corrected chi connectivity index (χ4v) is 3.75. The minimum atomic E-state index is -0.0905. The number of nitrogens with one attached hydrogen (secondary N) is 2. The molecule has 7 heteroatoms. The van der Waals surface area contributed by atoms with E-state index in [1.807, 2.05) is 52.5 Å². The van der Waals surface area contributed by atoms with Gasteiger partial charge in [-0.25, -0.2) is 0 Å². The normalized spacial score (nSPS) is 12.5. The third kappa shape index (κ3) is 5.85. The molecular formula is C24H33ClN4O2. The van der Waals surface area contributed by atoms with E-state index in [0.717, 1.165) is 50.4 Å². The van der Waals surface area contributed by atoms with Gasteiger partial charge in [0.05, 0.1) is 11.1 Å². The summed E-state index contributed by atoms with van der Waals surface area (Å²) in [5.41, 5.74) is 3.40. The van der Waals surface area contributed by atoms with Gasteiger partial charge in [-0.15, -0.1) is 12.4 Å². The molecule has 0 unspecified atom stereocenters. The molecule has 0 bridgehead atoms. The summed E-state index contributed by atoms with van der Waals surface area (Å²) in [7, 11) is 8.16. The Morgan fingerprint density at radius 1 is 0.677 bits per heavy atom. The summed E-state index contributed by atoms with van der Waals surface area (Å²) in [6.45, 7) is 3.39. The van der Waals surface area contributed by atoms with Crippen LogP contribution in [0.3, 0.4) is 0 Å². The maximum atomic E-state index is 13.4. The van der Waals surface area contributed by atoms with E-state index >= 15 is 0 Å². The van der Waals surface area contributed by atoms with Gasteiger partial charge in [-0.1, -0.05) is 24.3 Å². The predicted octanol–water partition coefficient (Wildman–Crippen LogP) is 3.61. The van der Waals surface area contributed by atoms with Crippen LogP contribution in [0, 0.1) is 0 Å². The first-order chi connectivity index (χ1) is 14.4. The monoisotopic (exact) mass is 444 g/mol. The number of carbonyl (C=O) groups excluding carboxylic acids is 2.